The molecule has 0 bridgehead atoms. The van der Waals surface area contributed by atoms with E-state index >= 15 is 13.2 Å². The molecule has 2 aromatic rings. The molecule has 36 heavy (non-hydrogen) atoms. The number of halogens is 3. The molecule has 3 fully saturated rings. The molecule has 0 aromatic heterocycles. The Morgan fingerprint density at radius 3 is 2.47 bits per heavy atom. The van der Waals surface area contributed by atoms with E-state index in [4.69, 9.17) is 0 Å². The predicted octanol–water partition coefficient (Wildman–Crippen LogP) is 3.56. The number of nitrogens with zero attached hydrogens (tertiary/aromatic N) is 1. The molecule has 6 nitrogen and oxygen atoms in total. The van der Waals surface area contributed by atoms with E-state index < -0.39 is 57.1 Å². The van der Waals surface area contributed by atoms with E-state index in [0.717, 1.165) is 10.5 Å². The van der Waals surface area contributed by atoms with Crippen LogP contribution in [0.15, 0.2) is 42.5 Å². The third-order valence-corrected chi connectivity index (χ3v) is 9.48. The van der Waals surface area contributed by atoms with Crippen molar-refractivity contribution in [2.24, 2.45) is 0 Å². The summed E-state index contributed by atoms with van der Waals surface area (Å²) in [6.07, 6.45) is 1.32. The van der Waals surface area contributed by atoms with Crippen LogP contribution in [0.5, 0.6) is 0 Å². The Balaban J connectivity index is 1.52. The average Bonchev–Trinajstić information content (AvgIpc) is 3.62. The summed E-state index contributed by atoms with van der Waals surface area (Å²) in [5.74, 6) is -5.06. The zero-order valence-electron chi connectivity index (χ0n) is 19.9. The van der Waals surface area contributed by atoms with E-state index in [1.807, 2.05) is 13.0 Å². The Bertz CT molecular complexity index is 1290. The van der Waals surface area contributed by atoms with Crippen LogP contribution >= 0.6 is 0 Å². The Morgan fingerprint density at radius 2 is 1.86 bits per heavy atom. The summed E-state index contributed by atoms with van der Waals surface area (Å²) in [7, 11) is -4.03. The van der Waals surface area contributed by atoms with Crippen molar-refractivity contribution in [2.75, 3.05) is 6.54 Å². The smallest absolute Gasteiger partial charge is 0.283 e. The summed E-state index contributed by atoms with van der Waals surface area (Å²) in [5, 5.41) is 9.89. The maximum Gasteiger partial charge on any atom is 0.283 e. The van der Waals surface area contributed by atoms with Crippen molar-refractivity contribution in [3.63, 3.8) is 0 Å². The molecule has 1 aliphatic heterocycles. The molecule has 2 aromatic carbocycles. The van der Waals surface area contributed by atoms with Gasteiger partial charge in [0.2, 0.25) is 10.0 Å². The van der Waals surface area contributed by atoms with Gasteiger partial charge in [-0.25, -0.2) is 26.3 Å². The number of carbonyl (C=O) groups excluding carboxylic acids is 1. The lowest BCUT2D eigenvalue weighted by Crippen LogP contribution is -2.57. The average molecular weight is 523 g/mol. The molecule has 194 valence electrons. The van der Waals surface area contributed by atoms with Crippen molar-refractivity contribution in [1.29, 1.82) is 0 Å². The highest BCUT2D eigenvalue weighted by atomic mass is 32.2. The van der Waals surface area contributed by atoms with Crippen LogP contribution in [0.3, 0.4) is 0 Å². The highest BCUT2D eigenvalue weighted by Crippen LogP contribution is 2.41. The predicted molar refractivity (Wildman–Crippen MR) is 128 cm³/mol. The van der Waals surface area contributed by atoms with Crippen molar-refractivity contribution in [2.45, 2.75) is 74.3 Å². The van der Waals surface area contributed by atoms with Crippen LogP contribution < -0.4 is 4.72 Å². The third kappa shape index (κ3) is 4.54. The molecule has 3 aliphatic rings. The minimum atomic E-state index is -4.03. The highest BCUT2D eigenvalue weighted by Gasteiger charge is 2.60. The lowest BCUT2D eigenvalue weighted by molar-refractivity contribution is -0.162. The van der Waals surface area contributed by atoms with Gasteiger partial charge in [0, 0.05) is 5.56 Å². The topological polar surface area (TPSA) is 86.7 Å². The lowest BCUT2D eigenvalue weighted by atomic mass is 9.79. The summed E-state index contributed by atoms with van der Waals surface area (Å²) in [4.78, 5) is 14.0. The van der Waals surface area contributed by atoms with Gasteiger partial charge in [0.15, 0.2) is 0 Å². The van der Waals surface area contributed by atoms with Gasteiger partial charge >= 0.3 is 0 Å². The first kappa shape index (κ1) is 25.2. The third-order valence-electron chi connectivity index (χ3n) is 7.55. The first-order valence-corrected chi connectivity index (χ1v) is 13.7. The monoisotopic (exact) mass is 522 g/mol. The molecule has 2 atom stereocenters. The first-order valence-electron chi connectivity index (χ1n) is 12.2. The second kappa shape index (κ2) is 8.85. The molecule has 0 unspecified atom stereocenters. The molecular formula is C26H29F3N2O4S. The maximum absolute atomic E-state index is 15.7. The number of aryl methyl sites for hydroxylation is 1. The number of likely N-dealkylation sites (tertiary alicyclic amines) is 1. The van der Waals surface area contributed by atoms with Gasteiger partial charge in [0.05, 0.1) is 17.8 Å². The van der Waals surface area contributed by atoms with E-state index in [2.05, 4.69) is 4.72 Å². The van der Waals surface area contributed by atoms with Crippen molar-refractivity contribution < 1.29 is 31.5 Å². The summed E-state index contributed by atoms with van der Waals surface area (Å²) >= 11 is 0. The second-order valence-corrected chi connectivity index (χ2v) is 12.3. The van der Waals surface area contributed by atoms with Crippen LogP contribution in [-0.2, 0) is 21.2 Å². The molecule has 1 saturated heterocycles. The minimum absolute atomic E-state index is 0.0886. The number of hydrogen-bond acceptors (Lipinski definition) is 4. The van der Waals surface area contributed by atoms with Gasteiger partial charge in [-0.1, -0.05) is 48.0 Å². The standard InChI is InChI=1S/C26H29F3N2O4S/c1-16-5-2-6-17(13-16)20-8-3-7-18(22(20)27)14-21-23(30-36(34,35)19-9-10-19)26(28,29)15-31(21)24(32)25(33)11-4-12-25/h2-3,5-8,13,19,21,23,30,33H,4,9-12,14-15H2,1H3/t21-,23+/m0/s1. The van der Waals surface area contributed by atoms with Gasteiger partial charge in [-0.3, -0.25) is 4.79 Å². The van der Waals surface area contributed by atoms with E-state index in [-0.39, 0.29) is 30.4 Å². The Labute approximate surface area is 208 Å². The van der Waals surface area contributed by atoms with Crippen LogP contribution in [-0.4, -0.2) is 59.7 Å². The summed E-state index contributed by atoms with van der Waals surface area (Å²) in [6.45, 7) is 0.826. The Kier molecular flexibility index (Phi) is 6.20. The first-order chi connectivity index (χ1) is 16.9. The van der Waals surface area contributed by atoms with Gasteiger partial charge in [0.25, 0.3) is 11.8 Å². The van der Waals surface area contributed by atoms with Crippen molar-refractivity contribution in [3.05, 3.63) is 59.4 Å². The maximum atomic E-state index is 15.7. The number of amides is 1. The Morgan fingerprint density at radius 1 is 1.17 bits per heavy atom. The SMILES string of the molecule is Cc1cccc(-c2cccc(C[C@H]3[C@@H](NS(=O)(=O)C4CC4)C(F)(F)CN3C(=O)C3(O)CCC3)c2F)c1. The largest absolute Gasteiger partial charge is 0.380 e. The minimum Gasteiger partial charge on any atom is -0.380 e. The van der Waals surface area contributed by atoms with Gasteiger partial charge in [-0.05, 0) is 56.6 Å². The van der Waals surface area contributed by atoms with E-state index in [9.17, 15) is 18.3 Å². The summed E-state index contributed by atoms with van der Waals surface area (Å²) in [6, 6.07) is 8.56. The zero-order chi connectivity index (χ0) is 25.9. The van der Waals surface area contributed by atoms with Crippen molar-refractivity contribution >= 4 is 15.9 Å². The zero-order valence-corrected chi connectivity index (χ0v) is 20.7. The molecular weight excluding hydrogens is 493 g/mol. The van der Waals surface area contributed by atoms with Gasteiger partial charge in [-0.15, -0.1) is 0 Å². The van der Waals surface area contributed by atoms with Crippen LogP contribution in [0.2, 0.25) is 0 Å². The summed E-state index contributed by atoms with van der Waals surface area (Å²) in [5.41, 5.74) is 0.166. The number of sulfonamides is 1. The van der Waals surface area contributed by atoms with Crippen LogP contribution in [0.1, 0.15) is 43.2 Å². The molecule has 1 amide bonds. The van der Waals surface area contributed by atoms with Crippen molar-refractivity contribution in [3.8, 4) is 11.1 Å². The fourth-order valence-corrected chi connectivity index (χ4v) is 6.79. The van der Waals surface area contributed by atoms with Crippen molar-refractivity contribution in [1.82, 2.24) is 9.62 Å². The van der Waals surface area contributed by atoms with Crippen LogP contribution in [0, 0.1) is 12.7 Å². The fourth-order valence-electron chi connectivity index (χ4n) is 5.16. The second-order valence-electron chi connectivity index (χ2n) is 10.3. The number of aliphatic hydroxyl groups is 1. The lowest BCUT2D eigenvalue weighted by Gasteiger charge is -2.40. The van der Waals surface area contributed by atoms with Gasteiger partial charge < -0.3 is 10.0 Å². The van der Waals surface area contributed by atoms with E-state index in [1.54, 1.807) is 30.3 Å². The molecule has 2 N–H and O–H groups in total. The number of alkyl halides is 2. The molecule has 0 spiro atoms. The number of rotatable bonds is 7. The molecule has 5 rings (SSSR count). The van der Waals surface area contributed by atoms with Gasteiger partial charge in [-0.2, -0.15) is 0 Å². The van der Waals surface area contributed by atoms with Crippen LogP contribution in [0.25, 0.3) is 11.1 Å². The quantitative estimate of drug-likeness (QED) is 0.583. The molecule has 10 heteroatoms. The number of hydrogen-bond donors (Lipinski definition) is 2. The number of carbonyl (C=O) groups is 1. The number of nitrogens with one attached hydrogen (secondary N) is 1. The molecule has 2 aliphatic carbocycles. The Hall–Kier alpha value is -2.43. The molecule has 0 radical (unpaired) electrons. The van der Waals surface area contributed by atoms with Gasteiger partial charge in [0.1, 0.15) is 17.5 Å². The van der Waals surface area contributed by atoms with E-state index in [1.165, 1.54) is 6.07 Å². The van der Waals surface area contributed by atoms with Crippen LogP contribution in [0.4, 0.5) is 13.2 Å². The number of benzene rings is 2. The summed E-state index contributed by atoms with van der Waals surface area (Å²) < 4.78 is 73.7. The molecule has 2 saturated carbocycles. The van der Waals surface area contributed by atoms with E-state index in [0.29, 0.717) is 24.8 Å². The fraction of sp³-hybridized carbons (Fsp3) is 0.500. The molecule has 1 heterocycles. The highest BCUT2D eigenvalue weighted by molar-refractivity contribution is 7.90. The normalized spacial score (nSPS) is 25.0.